The Morgan fingerprint density at radius 3 is 2.63 bits per heavy atom. The minimum absolute atomic E-state index is 0.0832. The molecule has 0 spiro atoms. The third-order valence-electron chi connectivity index (χ3n) is 4.51. The lowest BCUT2D eigenvalue weighted by Crippen LogP contribution is -2.11. The molecule has 30 heavy (non-hydrogen) atoms. The molecular formula is C19H15F2N5O2S2. The van der Waals surface area contributed by atoms with Crippen LogP contribution in [0.5, 0.6) is 0 Å². The van der Waals surface area contributed by atoms with Crippen LogP contribution in [-0.2, 0) is 0 Å². The Morgan fingerprint density at radius 1 is 1.23 bits per heavy atom. The Bertz CT molecular complexity index is 1230. The molecule has 4 aromatic rings. The summed E-state index contributed by atoms with van der Waals surface area (Å²) in [5.74, 6) is -2.35. The van der Waals surface area contributed by atoms with Gasteiger partial charge in [0.05, 0.1) is 22.9 Å². The molecule has 0 bridgehead atoms. The van der Waals surface area contributed by atoms with Gasteiger partial charge < -0.3 is 16.2 Å². The topological polar surface area (TPSA) is 114 Å². The van der Waals surface area contributed by atoms with Crippen LogP contribution in [0.15, 0.2) is 30.3 Å². The second-order valence-corrected chi connectivity index (χ2v) is 8.17. The molecule has 1 aromatic carbocycles. The van der Waals surface area contributed by atoms with Gasteiger partial charge in [0.25, 0.3) is 5.91 Å². The van der Waals surface area contributed by atoms with E-state index in [1.165, 1.54) is 18.2 Å². The number of fused-ring (bicyclic) bond motifs is 1. The number of nitrogens with two attached hydrogens (primary N) is 1. The summed E-state index contributed by atoms with van der Waals surface area (Å²) in [5.41, 5.74) is 6.69. The van der Waals surface area contributed by atoms with E-state index in [0.717, 1.165) is 23.1 Å². The maximum absolute atomic E-state index is 14.7. The smallest absolute Gasteiger partial charge is 0.251 e. The molecule has 0 fully saturated rings. The second-order valence-electron chi connectivity index (χ2n) is 6.59. The molecule has 3 aromatic heterocycles. The molecular weight excluding hydrogens is 432 g/mol. The number of amides is 1. The van der Waals surface area contributed by atoms with Gasteiger partial charge in [-0.05, 0) is 35.9 Å². The summed E-state index contributed by atoms with van der Waals surface area (Å²) >= 11 is 2.00. The van der Waals surface area contributed by atoms with E-state index in [1.54, 1.807) is 19.1 Å². The standard InChI is InChI=1S/C19H15F2N5O2S2/c1-8(7-27)9-4-11(20)16(12(21)5-9)14-6-10(17(22)28)19(29-14)24-15-3-2-13-18(23-15)26-30-25-13/h2-6,8,27H,7H2,1H3,(H2,22,28)(H,23,24,26). The van der Waals surface area contributed by atoms with Crippen molar-refractivity contribution in [2.75, 3.05) is 11.9 Å². The van der Waals surface area contributed by atoms with E-state index in [4.69, 9.17) is 5.73 Å². The van der Waals surface area contributed by atoms with Crippen LogP contribution in [0.1, 0.15) is 28.8 Å². The Kier molecular flexibility index (Phi) is 5.41. The highest BCUT2D eigenvalue weighted by Gasteiger charge is 2.22. The van der Waals surface area contributed by atoms with E-state index in [-0.39, 0.29) is 22.6 Å². The predicted octanol–water partition coefficient (Wildman–Crippen LogP) is 4.03. The number of benzene rings is 1. The van der Waals surface area contributed by atoms with Gasteiger partial charge in [0.2, 0.25) is 0 Å². The molecule has 7 nitrogen and oxygen atoms in total. The summed E-state index contributed by atoms with van der Waals surface area (Å²) in [4.78, 5) is 16.4. The minimum Gasteiger partial charge on any atom is -0.396 e. The fourth-order valence-electron chi connectivity index (χ4n) is 2.88. The number of aromatic nitrogens is 3. The summed E-state index contributed by atoms with van der Waals surface area (Å²) in [7, 11) is 0. The molecule has 154 valence electrons. The molecule has 0 saturated carbocycles. The van der Waals surface area contributed by atoms with Gasteiger partial charge in [-0.1, -0.05) is 6.92 Å². The van der Waals surface area contributed by atoms with Crippen LogP contribution in [0.2, 0.25) is 0 Å². The van der Waals surface area contributed by atoms with E-state index >= 15 is 0 Å². The summed E-state index contributed by atoms with van der Waals surface area (Å²) in [6.45, 7) is 1.43. The van der Waals surface area contributed by atoms with Crippen molar-refractivity contribution in [1.82, 2.24) is 13.7 Å². The van der Waals surface area contributed by atoms with Crippen molar-refractivity contribution in [2.45, 2.75) is 12.8 Å². The van der Waals surface area contributed by atoms with Crippen LogP contribution >= 0.6 is 23.1 Å². The van der Waals surface area contributed by atoms with Crippen LogP contribution in [0.4, 0.5) is 19.6 Å². The number of carbonyl (C=O) groups excluding carboxylic acids is 1. The third kappa shape index (κ3) is 3.74. The van der Waals surface area contributed by atoms with Crippen LogP contribution in [0.3, 0.4) is 0 Å². The van der Waals surface area contributed by atoms with Crippen molar-refractivity contribution in [3.8, 4) is 10.4 Å². The second kappa shape index (κ2) is 8.01. The molecule has 11 heteroatoms. The summed E-state index contributed by atoms with van der Waals surface area (Å²) in [6.07, 6.45) is 0. The normalized spacial score (nSPS) is 12.3. The minimum atomic E-state index is -0.790. The predicted molar refractivity (Wildman–Crippen MR) is 112 cm³/mol. The fraction of sp³-hybridized carbons (Fsp3) is 0.158. The molecule has 1 unspecified atom stereocenters. The first-order chi connectivity index (χ1) is 14.4. The lowest BCUT2D eigenvalue weighted by molar-refractivity contribution is 0.100. The Hall–Kier alpha value is -3.02. The van der Waals surface area contributed by atoms with Gasteiger partial charge >= 0.3 is 0 Å². The van der Waals surface area contributed by atoms with Crippen LogP contribution < -0.4 is 11.1 Å². The number of thiophene rings is 1. The zero-order valence-corrected chi connectivity index (χ0v) is 17.2. The van der Waals surface area contributed by atoms with Crippen molar-refractivity contribution < 1.29 is 18.7 Å². The average molecular weight is 447 g/mol. The van der Waals surface area contributed by atoms with E-state index in [1.807, 2.05) is 0 Å². The number of halogens is 2. The number of aliphatic hydroxyl groups excluding tert-OH is 1. The Morgan fingerprint density at radius 2 is 1.97 bits per heavy atom. The lowest BCUT2D eigenvalue weighted by Gasteiger charge is -2.11. The van der Waals surface area contributed by atoms with Crippen molar-refractivity contribution in [3.05, 3.63) is 53.1 Å². The van der Waals surface area contributed by atoms with Crippen molar-refractivity contribution in [2.24, 2.45) is 5.73 Å². The first kappa shape index (κ1) is 20.3. The molecule has 4 rings (SSSR count). The van der Waals surface area contributed by atoms with E-state index in [0.29, 0.717) is 27.5 Å². The number of nitrogens with zero attached hydrogens (tertiary/aromatic N) is 3. The number of nitrogens with one attached hydrogen (secondary N) is 1. The van der Waals surface area contributed by atoms with E-state index < -0.39 is 23.5 Å². The molecule has 4 N–H and O–H groups in total. The molecule has 0 aliphatic rings. The van der Waals surface area contributed by atoms with Crippen LogP contribution in [-0.4, -0.2) is 31.4 Å². The molecule has 0 saturated heterocycles. The SMILES string of the molecule is CC(CO)c1cc(F)c(-c2cc(C(N)=O)c(Nc3ccc4nsnc4n3)s2)c(F)c1. The number of carbonyl (C=O) groups is 1. The van der Waals surface area contributed by atoms with Gasteiger partial charge in [-0.25, -0.2) is 13.8 Å². The van der Waals surface area contributed by atoms with E-state index in [9.17, 15) is 18.7 Å². The lowest BCUT2D eigenvalue weighted by atomic mass is 9.99. The molecule has 3 heterocycles. The van der Waals surface area contributed by atoms with Gasteiger partial charge in [0, 0.05) is 17.4 Å². The Labute approximate surface area is 177 Å². The van der Waals surface area contributed by atoms with Crippen molar-refractivity contribution >= 4 is 51.0 Å². The van der Waals surface area contributed by atoms with E-state index in [2.05, 4.69) is 19.0 Å². The zero-order chi connectivity index (χ0) is 21.4. The fourth-order valence-corrected chi connectivity index (χ4v) is 4.48. The van der Waals surface area contributed by atoms with Gasteiger partial charge in [-0.15, -0.1) is 11.3 Å². The summed E-state index contributed by atoms with van der Waals surface area (Å²) in [5, 5.41) is 12.5. The van der Waals surface area contributed by atoms with Crippen LogP contribution in [0, 0.1) is 11.6 Å². The zero-order valence-electron chi connectivity index (χ0n) is 15.5. The van der Waals surface area contributed by atoms with Crippen LogP contribution in [0.25, 0.3) is 21.6 Å². The number of pyridine rings is 1. The highest BCUT2D eigenvalue weighted by molar-refractivity contribution is 7.20. The van der Waals surface area contributed by atoms with Gasteiger partial charge in [-0.2, -0.15) is 8.75 Å². The third-order valence-corrected chi connectivity index (χ3v) is 6.11. The number of aliphatic hydroxyl groups is 1. The summed E-state index contributed by atoms with van der Waals surface area (Å²) in [6, 6.07) is 7.07. The first-order valence-corrected chi connectivity index (χ1v) is 10.3. The maximum Gasteiger partial charge on any atom is 0.251 e. The number of hydrogen-bond acceptors (Lipinski definition) is 8. The molecule has 0 aliphatic heterocycles. The quantitative estimate of drug-likeness (QED) is 0.411. The molecule has 0 radical (unpaired) electrons. The highest BCUT2D eigenvalue weighted by Crippen LogP contribution is 2.40. The highest BCUT2D eigenvalue weighted by atomic mass is 32.1. The number of anilines is 2. The van der Waals surface area contributed by atoms with Gasteiger partial charge in [0.1, 0.15) is 28.0 Å². The molecule has 0 aliphatic carbocycles. The monoisotopic (exact) mass is 447 g/mol. The molecule has 1 amide bonds. The largest absolute Gasteiger partial charge is 0.396 e. The van der Waals surface area contributed by atoms with Gasteiger partial charge in [-0.3, -0.25) is 4.79 Å². The van der Waals surface area contributed by atoms with Crippen molar-refractivity contribution in [1.29, 1.82) is 0 Å². The van der Waals surface area contributed by atoms with Crippen molar-refractivity contribution in [3.63, 3.8) is 0 Å². The number of rotatable bonds is 6. The maximum atomic E-state index is 14.7. The number of hydrogen-bond donors (Lipinski definition) is 3. The average Bonchev–Trinajstić information content (AvgIpc) is 3.33. The Balaban J connectivity index is 1.75. The summed E-state index contributed by atoms with van der Waals surface area (Å²) < 4.78 is 37.6. The first-order valence-electron chi connectivity index (χ1n) is 8.77. The number of primary amides is 1. The molecule has 1 atom stereocenters. The van der Waals surface area contributed by atoms with Gasteiger partial charge in [0.15, 0.2) is 5.65 Å².